The van der Waals surface area contributed by atoms with E-state index >= 15 is 0 Å². The van der Waals surface area contributed by atoms with E-state index in [1.54, 1.807) is 5.57 Å². The molecule has 3 fully saturated rings. The van der Waals surface area contributed by atoms with E-state index in [1.807, 2.05) is 0 Å². The Kier molecular flexibility index (Phi) is 9.67. The molecule has 1 N–H and O–H groups in total. The van der Waals surface area contributed by atoms with Gasteiger partial charge >= 0.3 is 0 Å². The lowest BCUT2D eigenvalue weighted by Gasteiger charge is -2.44. The molecule has 3 aliphatic rings. The van der Waals surface area contributed by atoms with E-state index in [4.69, 9.17) is 4.43 Å². The average Bonchev–Trinajstić information content (AvgIpc) is 3.15. The number of hydrogen-bond donors (Lipinski definition) is 1. The summed E-state index contributed by atoms with van der Waals surface area (Å²) in [5.74, 6) is 3.42. The third-order valence-electron chi connectivity index (χ3n) is 11.0. The molecule has 7 atom stereocenters. The Morgan fingerprint density at radius 1 is 1.08 bits per heavy atom. The van der Waals surface area contributed by atoms with Gasteiger partial charge in [-0.2, -0.15) is 0 Å². The Hall–Kier alpha value is -0.903. The predicted molar refractivity (Wildman–Crippen MR) is 163 cm³/mol. The van der Waals surface area contributed by atoms with Crippen LogP contribution in [0.3, 0.4) is 0 Å². The van der Waals surface area contributed by atoms with Gasteiger partial charge in [0, 0.05) is 6.42 Å². The van der Waals surface area contributed by atoms with Gasteiger partial charge in [0.2, 0.25) is 0 Å². The van der Waals surface area contributed by atoms with Crippen LogP contribution in [0.15, 0.2) is 47.6 Å². The maximum atomic E-state index is 10.8. The highest BCUT2D eigenvalue weighted by atomic mass is 28.4. The van der Waals surface area contributed by atoms with Crippen molar-refractivity contribution in [1.29, 1.82) is 0 Å². The van der Waals surface area contributed by atoms with Crippen LogP contribution in [-0.4, -0.2) is 25.6 Å². The molecule has 0 aromatic heterocycles. The summed E-state index contributed by atoms with van der Waals surface area (Å²) < 4.78 is 6.73. The molecule has 0 aromatic rings. The summed E-state index contributed by atoms with van der Waals surface area (Å²) in [6.45, 7) is 27.8. The summed E-state index contributed by atoms with van der Waals surface area (Å²) in [5, 5.41) is 11.0. The molecule has 3 heteroatoms. The van der Waals surface area contributed by atoms with E-state index in [9.17, 15) is 5.11 Å². The number of aliphatic hydroxyl groups excluding tert-OH is 1. The predicted octanol–water partition coefficient (Wildman–Crippen LogP) is 9.64. The first kappa shape index (κ1) is 30.6. The van der Waals surface area contributed by atoms with E-state index in [1.165, 1.54) is 37.7 Å². The minimum atomic E-state index is -1.88. The molecule has 0 radical (unpaired) electrons. The molecule has 0 amide bonds. The quantitative estimate of drug-likeness (QED) is 0.264. The highest BCUT2D eigenvalue weighted by molar-refractivity contribution is 6.74. The zero-order chi connectivity index (χ0) is 27.8. The topological polar surface area (TPSA) is 29.5 Å². The number of hydrogen-bond acceptors (Lipinski definition) is 2. The highest BCUT2D eigenvalue weighted by Crippen LogP contribution is 2.59. The number of fused-ring (bicyclic) bond motifs is 1. The standard InChI is InChI=1S/C34H58O2Si/c1-23(2)24(3)14-15-25(4)30-18-19-31-27(13-12-20-34(30,31)9)16-17-28-21-29(22-32(35)26(28)5)36-37(10,11)33(6,7)8/h14-17,23-25,29-32,35H,5,12-13,18-22H2,1-4,6-11H3/b15-14+,27-16+,28-17+/t24-,25+,29+,30+,31?,32-,34+/m0/s1. The Morgan fingerprint density at radius 2 is 1.76 bits per heavy atom. The molecular formula is C34H58O2Si. The van der Waals surface area contributed by atoms with Gasteiger partial charge in [0.15, 0.2) is 8.32 Å². The van der Waals surface area contributed by atoms with Crippen LogP contribution in [-0.2, 0) is 4.43 Å². The number of rotatable bonds is 7. The summed E-state index contributed by atoms with van der Waals surface area (Å²) in [6, 6.07) is 0. The molecule has 3 aliphatic carbocycles. The van der Waals surface area contributed by atoms with Crippen molar-refractivity contribution in [2.75, 3.05) is 0 Å². The molecule has 3 saturated carbocycles. The monoisotopic (exact) mass is 526 g/mol. The van der Waals surface area contributed by atoms with Gasteiger partial charge in [-0.05, 0) is 103 Å². The van der Waals surface area contributed by atoms with Crippen molar-refractivity contribution in [3.63, 3.8) is 0 Å². The Bertz CT molecular complexity index is 901. The lowest BCUT2D eigenvalue weighted by Crippen LogP contribution is -2.46. The maximum absolute atomic E-state index is 10.8. The molecule has 2 nitrogen and oxygen atoms in total. The van der Waals surface area contributed by atoms with E-state index in [2.05, 4.69) is 99.4 Å². The van der Waals surface area contributed by atoms with Crippen LogP contribution in [0.5, 0.6) is 0 Å². The zero-order valence-corrected chi connectivity index (χ0v) is 26.9. The van der Waals surface area contributed by atoms with Crippen molar-refractivity contribution in [3.8, 4) is 0 Å². The van der Waals surface area contributed by atoms with Gasteiger partial charge in [0.05, 0.1) is 12.2 Å². The summed E-state index contributed by atoms with van der Waals surface area (Å²) in [7, 11) is -1.88. The molecule has 0 spiro atoms. The van der Waals surface area contributed by atoms with Crippen molar-refractivity contribution in [3.05, 3.63) is 47.6 Å². The van der Waals surface area contributed by atoms with Crippen molar-refractivity contribution >= 4 is 8.32 Å². The van der Waals surface area contributed by atoms with Gasteiger partial charge in [0.25, 0.3) is 0 Å². The SMILES string of the molecule is C=C1/C(=C/C=C2\CCC[C@@]3(C)C2CC[C@@H]3[C@H](C)/C=C/[C@H](C)C(C)C)C[C@@H](O[Si](C)(C)C(C)(C)C)C[C@@H]1O. The lowest BCUT2D eigenvalue weighted by molar-refractivity contribution is 0.0924. The van der Waals surface area contributed by atoms with Gasteiger partial charge in [-0.25, -0.2) is 0 Å². The molecule has 0 aliphatic heterocycles. The fourth-order valence-corrected chi connectivity index (χ4v) is 8.35. The third kappa shape index (κ3) is 6.82. The average molecular weight is 527 g/mol. The van der Waals surface area contributed by atoms with Gasteiger partial charge in [-0.1, -0.05) is 91.8 Å². The zero-order valence-electron chi connectivity index (χ0n) is 25.9. The van der Waals surface area contributed by atoms with E-state index in [0.717, 1.165) is 17.9 Å². The number of allylic oxidation sites excluding steroid dienone is 5. The van der Waals surface area contributed by atoms with Crippen molar-refractivity contribution in [2.45, 2.75) is 131 Å². The lowest BCUT2D eigenvalue weighted by atomic mass is 9.61. The fraction of sp³-hybridized carbons (Fsp3) is 0.765. The second kappa shape index (κ2) is 11.7. The Balaban J connectivity index is 1.77. The summed E-state index contributed by atoms with van der Waals surface area (Å²) in [5.41, 5.74) is 4.11. The second-order valence-corrected chi connectivity index (χ2v) is 19.6. The van der Waals surface area contributed by atoms with Gasteiger partial charge in [0.1, 0.15) is 0 Å². The van der Waals surface area contributed by atoms with Gasteiger partial charge in [-0.15, -0.1) is 0 Å². The number of aliphatic hydroxyl groups is 1. The van der Waals surface area contributed by atoms with E-state index in [0.29, 0.717) is 35.5 Å². The molecule has 0 bridgehead atoms. The first-order valence-electron chi connectivity index (χ1n) is 15.2. The van der Waals surface area contributed by atoms with Crippen molar-refractivity contribution < 1.29 is 9.53 Å². The van der Waals surface area contributed by atoms with E-state index in [-0.39, 0.29) is 11.1 Å². The molecule has 0 saturated heterocycles. The van der Waals surface area contributed by atoms with E-state index < -0.39 is 14.4 Å². The van der Waals surface area contributed by atoms with Crippen LogP contribution in [0.25, 0.3) is 0 Å². The molecule has 0 aromatic carbocycles. The minimum absolute atomic E-state index is 0.0828. The summed E-state index contributed by atoms with van der Waals surface area (Å²) in [6.07, 6.45) is 17.3. The molecule has 37 heavy (non-hydrogen) atoms. The molecule has 3 rings (SSSR count). The Labute approximate surface area is 230 Å². The minimum Gasteiger partial charge on any atom is -0.413 e. The summed E-state index contributed by atoms with van der Waals surface area (Å²) >= 11 is 0. The molecular weight excluding hydrogens is 468 g/mol. The maximum Gasteiger partial charge on any atom is 0.192 e. The third-order valence-corrected chi connectivity index (χ3v) is 15.5. The molecule has 1 unspecified atom stereocenters. The molecule has 0 heterocycles. The smallest absolute Gasteiger partial charge is 0.192 e. The first-order chi connectivity index (χ1) is 17.1. The fourth-order valence-electron chi connectivity index (χ4n) is 6.98. The van der Waals surface area contributed by atoms with Crippen LogP contribution < -0.4 is 0 Å². The normalized spacial score (nSPS) is 35.5. The van der Waals surface area contributed by atoms with Gasteiger partial charge in [-0.3, -0.25) is 0 Å². The van der Waals surface area contributed by atoms with Crippen molar-refractivity contribution in [1.82, 2.24) is 0 Å². The Morgan fingerprint density at radius 3 is 2.38 bits per heavy atom. The van der Waals surface area contributed by atoms with Crippen molar-refractivity contribution in [2.24, 2.45) is 35.0 Å². The van der Waals surface area contributed by atoms with Crippen LogP contribution in [0.2, 0.25) is 18.1 Å². The summed E-state index contributed by atoms with van der Waals surface area (Å²) in [4.78, 5) is 0. The first-order valence-corrected chi connectivity index (χ1v) is 18.1. The van der Waals surface area contributed by atoms with Gasteiger partial charge < -0.3 is 9.53 Å². The van der Waals surface area contributed by atoms with Crippen LogP contribution in [0.4, 0.5) is 0 Å². The largest absolute Gasteiger partial charge is 0.413 e. The van der Waals surface area contributed by atoms with Crippen LogP contribution >= 0.6 is 0 Å². The van der Waals surface area contributed by atoms with Crippen LogP contribution in [0.1, 0.15) is 100 Å². The molecule has 210 valence electrons. The van der Waals surface area contributed by atoms with Crippen LogP contribution in [0, 0.1) is 35.0 Å². The second-order valence-electron chi connectivity index (χ2n) is 14.9. The highest BCUT2D eigenvalue weighted by Gasteiger charge is 2.50.